The second kappa shape index (κ2) is 8.48. The van der Waals surface area contributed by atoms with Crippen LogP contribution in [0.4, 0.5) is 5.82 Å². The van der Waals surface area contributed by atoms with E-state index in [1.165, 1.54) is 6.33 Å². The number of carbonyl (C=O) groups is 1. The van der Waals surface area contributed by atoms with E-state index in [9.17, 15) is 4.79 Å². The number of piperidine rings is 1. The molecule has 5 aromatic rings. The van der Waals surface area contributed by atoms with Gasteiger partial charge in [0.15, 0.2) is 5.65 Å². The third-order valence-electron chi connectivity index (χ3n) is 8.62. The number of H-pyrrole nitrogens is 1. The van der Waals surface area contributed by atoms with E-state index in [0.717, 1.165) is 72.2 Å². The second-order valence-corrected chi connectivity index (χ2v) is 11.0. The standard InChI is InChI=1S/C28H28N10O/c29-25-23(16-6-7-16)24(17-10-20-8-9-21(11-17)37(20)28(39)26-30-15-31-35-26)34-27-22(13-33-38(25)27)18-12-32-36(14-18)19-4-2-1-3-5-19/h1-5,12-17,20-21H,6-11,29H2,(H,30,31,35)/t17-,20-,21+. The zero-order valence-electron chi connectivity index (χ0n) is 21.3. The third kappa shape index (κ3) is 3.56. The molecule has 8 rings (SSSR count). The van der Waals surface area contributed by atoms with Crippen LogP contribution in [0.5, 0.6) is 0 Å². The molecule has 0 unspecified atom stereocenters. The van der Waals surface area contributed by atoms with E-state index >= 15 is 0 Å². The molecular formula is C28H28N10O. The van der Waals surface area contributed by atoms with Crippen molar-refractivity contribution < 1.29 is 4.79 Å². The van der Waals surface area contributed by atoms with Gasteiger partial charge in [-0.1, -0.05) is 18.2 Å². The van der Waals surface area contributed by atoms with E-state index in [2.05, 4.69) is 25.4 Å². The fraction of sp³-hybridized carbons (Fsp3) is 0.357. The average Bonchev–Trinajstić information content (AvgIpc) is 3.35. The molecule has 4 aromatic heterocycles. The molecule has 196 valence electrons. The zero-order chi connectivity index (χ0) is 26.1. The number of hydrogen-bond acceptors (Lipinski definition) is 7. The number of carbonyl (C=O) groups excluding carboxylic acids is 1. The van der Waals surface area contributed by atoms with Crippen LogP contribution in [-0.4, -0.2) is 62.5 Å². The lowest BCUT2D eigenvalue weighted by Gasteiger charge is -2.39. The van der Waals surface area contributed by atoms with Crippen LogP contribution in [0, 0.1) is 0 Å². The number of nitrogens with one attached hydrogen (secondary N) is 1. The lowest BCUT2D eigenvalue weighted by molar-refractivity contribution is 0.0557. The van der Waals surface area contributed by atoms with Gasteiger partial charge in [0.2, 0.25) is 5.82 Å². The summed E-state index contributed by atoms with van der Waals surface area (Å²) in [6.07, 6.45) is 13.1. The Labute approximate surface area is 224 Å². The minimum absolute atomic E-state index is 0.0581. The molecule has 3 atom stereocenters. The molecule has 0 spiro atoms. The van der Waals surface area contributed by atoms with Crippen molar-refractivity contribution in [3.63, 3.8) is 0 Å². The summed E-state index contributed by atoms with van der Waals surface area (Å²) >= 11 is 0. The molecule has 2 saturated heterocycles. The van der Waals surface area contributed by atoms with Crippen LogP contribution in [0.3, 0.4) is 0 Å². The Kier molecular flexibility index (Phi) is 4.88. The highest BCUT2D eigenvalue weighted by Crippen LogP contribution is 2.50. The maximum atomic E-state index is 13.2. The van der Waals surface area contributed by atoms with Crippen molar-refractivity contribution in [2.45, 2.75) is 62.4 Å². The number of amides is 1. The van der Waals surface area contributed by atoms with E-state index < -0.39 is 0 Å². The molecule has 11 nitrogen and oxygen atoms in total. The van der Waals surface area contributed by atoms with Gasteiger partial charge in [0.05, 0.1) is 23.8 Å². The summed E-state index contributed by atoms with van der Waals surface area (Å²) in [4.78, 5) is 23.4. The van der Waals surface area contributed by atoms with E-state index in [0.29, 0.717) is 17.6 Å². The Bertz CT molecular complexity index is 1670. The van der Waals surface area contributed by atoms with Crippen molar-refractivity contribution in [3.05, 3.63) is 72.3 Å². The predicted octanol–water partition coefficient (Wildman–Crippen LogP) is 3.71. The van der Waals surface area contributed by atoms with E-state index in [4.69, 9.17) is 10.7 Å². The van der Waals surface area contributed by atoms with Crippen molar-refractivity contribution in [1.29, 1.82) is 0 Å². The van der Waals surface area contributed by atoms with Crippen LogP contribution in [0.1, 0.15) is 72.2 Å². The van der Waals surface area contributed by atoms with Crippen LogP contribution >= 0.6 is 0 Å². The molecule has 3 aliphatic rings. The van der Waals surface area contributed by atoms with Crippen molar-refractivity contribution >= 4 is 17.4 Å². The minimum Gasteiger partial charge on any atom is -0.383 e. The van der Waals surface area contributed by atoms with Crippen LogP contribution in [0.15, 0.2) is 55.2 Å². The summed E-state index contributed by atoms with van der Waals surface area (Å²) in [5, 5.41) is 17.0. The van der Waals surface area contributed by atoms with Crippen molar-refractivity contribution in [3.8, 4) is 16.8 Å². The molecule has 2 bridgehead atoms. The highest BCUT2D eigenvalue weighted by atomic mass is 16.2. The number of aromatic nitrogens is 8. The highest BCUT2D eigenvalue weighted by molar-refractivity contribution is 5.91. The number of nitrogens with zero attached hydrogens (tertiary/aromatic N) is 8. The van der Waals surface area contributed by atoms with Crippen LogP contribution < -0.4 is 5.73 Å². The Hall–Kier alpha value is -4.54. The average molecular weight is 521 g/mol. The van der Waals surface area contributed by atoms with Gasteiger partial charge in [-0.05, 0) is 56.6 Å². The highest BCUT2D eigenvalue weighted by Gasteiger charge is 2.46. The zero-order valence-corrected chi connectivity index (χ0v) is 21.3. The fourth-order valence-corrected chi connectivity index (χ4v) is 6.70. The SMILES string of the molecule is Nc1c(C2CC2)c([C@@H]2C[C@H]3CC[C@@H](C2)N3C(=O)c2nnc[nH]2)nc2c(-c3cnn(-c4ccccc4)c3)cnn12. The maximum Gasteiger partial charge on any atom is 0.292 e. The molecule has 1 saturated carbocycles. The van der Waals surface area contributed by atoms with Crippen molar-refractivity contribution in [1.82, 2.24) is 44.5 Å². The molecule has 3 fully saturated rings. The molecule has 1 aromatic carbocycles. The maximum absolute atomic E-state index is 13.2. The normalized spacial score (nSPS) is 22.6. The second-order valence-electron chi connectivity index (χ2n) is 11.0. The Balaban J connectivity index is 1.18. The van der Waals surface area contributed by atoms with Gasteiger partial charge in [0.25, 0.3) is 5.91 Å². The Morgan fingerprint density at radius 1 is 0.974 bits per heavy atom. The number of nitrogens with two attached hydrogens (primary N) is 1. The molecule has 3 N–H and O–H groups in total. The number of nitrogen functional groups attached to an aromatic ring is 1. The monoisotopic (exact) mass is 520 g/mol. The quantitative estimate of drug-likeness (QED) is 0.360. The lowest BCUT2D eigenvalue weighted by atomic mass is 9.85. The number of hydrogen-bond donors (Lipinski definition) is 2. The molecule has 1 amide bonds. The summed E-state index contributed by atoms with van der Waals surface area (Å²) in [6.45, 7) is 0. The largest absolute Gasteiger partial charge is 0.383 e. The van der Waals surface area contributed by atoms with Gasteiger partial charge in [-0.3, -0.25) is 4.79 Å². The topological polar surface area (TPSA) is 136 Å². The van der Waals surface area contributed by atoms with Crippen LogP contribution in [-0.2, 0) is 0 Å². The van der Waals surface area contributed by atoms with Crippen LogP contribution in [0.25, 0.3) is 22.5 Å². The number of fused-ring (bicyclic) bond motifs is 3. The first-order valence-electron chi connectivity index (χ1n) is 13.6. The molecule has 2 aliphatic heterocycles. The number of para-hydroxylation sites is 1. The summed E-state index contributed by atoms with van der Waals surface area (Å²) < 4.78 is 3.66. The van der Waals surface area contributed by atoms with E-state index in [-0.39, 0.29) is 23.9 Å². The summed E-state index contributed by atoms with van der Waals surface area (Å²) in [6, 6.07) is 10.4. The molecule has 1 aliphatic carbocycles. The first-order valence-corrected chi connectivity index (χ1v) is 13.6. The third-order valence-corrected chi connectivity index (χ3v) is 8.62. The van der Waals surface area contributed by atoms with Gasteiger partial charge in [-0.25, -0.2) is 9.67 Å². The minimum atomic E-state index is -0.0581. The Morgan fingerprint density at radius 2 is 1.77 bits per heavy atom. The molecule has 6 heterocycles. The number of rotatable bonds is 5. The van der Waals surface area contributed by atoms with E-state index in [1.807, 2.05) is 58.5 Å². The molecule has 39 heavy (non-hydrogen) atoms. The number of anilines is 1. The van der Waals surface area contributed by atoms with Gasteiger partial charge >= 0.3 is 0 Å². The molecule has 11 heteroatoms. The first-order chi connectivity index (χ1) is 19.2. The summed E-state index contributed by atoms with van der Waals surface area (Å²) in [5.41, 5.74) is 12.7. The molecule has 0 radical (unpaired) electrons. The molecular weight excluding hydrogens is 492 g/mol. The number of aromatic amines is 1. The lowest BCUT2D eigenvalue weighted by Crippen LogP contribution is -2.46. The fourth-order valence-electron chi connectivity index (χ4n) is 6.70. The van der Waals surface area contributed by atoms with Gasteiger partial charge in [-0.2, -0.15) is 14.7 Å². The Morgan fingerprint density at radius 3 is 2.49 bits per heavy atom. The van der Waals surface area contributed by atoms with Crippen molar-refractivity contribution in [2.75, 3.05) is 5.73 Å². The summed E-state index contributed by atoms with van der Waals surface area (Å²) in [7, 11) is 0. The van der Waals surface area contributed by atoms with Gasteiger partial charge in [0, 0.05) is 40.9 Å². The van der Waals surface area contributed by atoms with Crippen molar-refractivity contribution in [2.24, 2.45) is 0 Å². The smallest absolute Gasteiger partial charge is 0.292 e. The van der Waals surface area contributed by atoms with Gasteiger partial charge in [0.1, 0.15) is 12.1 Å². The number of benzene rings is 1. The van der Waals surface area contributed by atoms with Gasteiger partial charge < -0.3 is 15.6 Å². The van der Waals surface area contributed by atoms with Crippen LogP contribution in [0.2, 0.25) is 0 Å². The summed E-state index contributed by atoms with van der Waals surface area (Å²) in [5.74, 6) is 1.60. The predicted molar refractivity (Wildman–Crippen MR) is 143 cm³/mol. The van der Waals surface area contributed by atoms with E-state index in [1.54, 1.807) is 4.52 Å². The first kappa shape index (κ1) is 22.4. The van der Waals surface area contributed by atoms with Gasteiger partial charge in [-0.15, -0.1) is 10.2 Å².